The molecule has 0 saturated heterocycles. The molecule has 2 heteroatoms. The van der Waals surface area contributed by atoms with Crippen molar-refractivity contribution >= 4 is 64.3 Å². The summed E-state index contributed by atoms with van der Waals surface area (Å²) >= 11 is 2.37. The highest BCUT2D eigenvalue weighted by Gasteiger charge is 2.17. The van der Waals surface area contributed by atoms with E-state index in [9.17, 15) is 0 Å². The lowest BCUT2D eigenvalue weighted by molar-refractivity contribution is 1.40. The molecule has 7 aromatic carbocycles. The topological polar surface area (TPSA) is 12.4 Å². The van der Waals surface area contributed by atoms with Crippen LogP contribution in [0.4, 0.5) is 5.69 Å². The second-order valence-corrected chi connectivity index (χ2v) is 11.7. The van der Waals surface area contributed by atoms with Gasteiger partial charge in [-0.15, -0.1) is 0 Å². The van der Waals surface area contributed by atoms with Gasteiger partial charge in [0.15, 0.2) is 0 Å². The summed E-state index contributed by atoms with van der Waals surface area (Å²) in [6.45, 7) is 4.26. The van der Waals surface area contributed by atoms with Crippen LogP contribution in [0.1, 0.15) is 16.7 Å². The third-order valence-electron chi connectivity index (χ3n) is 7.94. The monoisotopic (exact) mass is 637 g/mol. The first kappa shape index (κ1) is 25.7. The van der Waals surface area contributed by atoms with Gasteiger partial charge in [-0.1, -0.05) is 121 Å². The van der Waals surface area contributed by atoms with Crippen LogP contribution >= 0.6 is 22.6 Å². The van der Waals surface area contributed by atoms with Crippen molar-refractivity contribution in [2.24, 2.45) is 4.99 Å². The largest absolute Gasteiger partial charge is 0.242 e. The van der Waals surface area contributed by atoms with Gasteiger partial charge < -0.3 is 0 Å². The first-order chi connectivity index (χ1) is 20.1. The van der Waals surface area contributed by atoms with E-state index < -0.39 is 0 Å². The lowest BCUT2D eigenvalue weighted by Crippen LogP contribution is -1.94. The van der Waals surface area contributed by atoms with Gasteiger partial charge >= 0.3 is 0 Å². The van der Waals surface area contributed by atoms with Crippen LogP contribution in [0.5, 0.6) is 0 Å². The molecule has 0 aliphatic rings. The zero-order valence-electron chi connectivity index (χ0n) is 23.0. The Morgan fingerprint density at radius 1 is 0.512 bits per heavy atom. The molecule has 0 heterocycles. The SMILES string of the molecule is Cc1ccc2cc(-c3c4ccccc4c(-c4cccc(C(I)=Nc5ccccc5C)c4)c4ccccc34)ccc2c1. The summed E-state index contributed by atoms with van der Waals surface area (Å²) in [6, 6.07) is 48.4. The fraction of sp³-hybridized carbons (Fsp3) is 0.0513. The minimum atomic E-state index is 0.982. The molecule has 0 aromatic heterocycles. The maximum absolute atomic E-state index is 4.98. The Labute approximate surface area is 254 Å². The van der Waals surface area contributed by atoms with Crippen molar-refractivity contribution in [3.8, 4) is 22.3 Å². The van der Waals surface area contributed by atoms with Crippen molar-refractivity contribution in [1.82, 2.24) is 0 Å². The number of para-hydroxylation sites is 1. The van der Waals surface area contributed by atoms with Gasteiger partial charge in [-0.05, 0) is 115 Å². The summed E-state index contributed by atoms with van der Waals surface area (Å²) < 4.78 is 0.982. The van der Waals surface area contributed by atoms with E-state index >= 15 is 0 Å². The number of rotatable bonds is 4. The highest BCUT2D eigenvalue weighted by molar-refractivity contribution is 14.1. The van der Waals surface area contributed by atoms with Crippen LogP contribution in [0.3, 0.4) is 0 Å². The van der Waals surface area contributed by atoms with Gasteiger partial charge in [0.2, 0.25) is 0 Å². The Kier molecular flexibility index (Phi) is 6.64. The Bertz CT molecular complexity index is 2080. The smallest absolute Gasteiger partial charge is 0.109 e. The van der Waals surface area contributed by atoms with E-state index in [0.29, 0.717) is 0 Å². The molecule has 196 valence electrons. The van der Waals surface area contributed by atoms with E-state index in [4.69, 9.17) is 4.99 Å². The van der Waals surface area contributed by atoms with Crippen LogP contribution in [-0.2, 0) is 0 Å². The molecule has 0 atom stereocenters. The van der Waals surface area contributed by atoms with Crippen LogP contribution in [0.2, 0.25) is 0 Å². The molecule has 0 aliphatic carbocycles. The summed E-state index contributed by atoms with van der Waals surface area (Å²) in [4.78, 5) is 4.98. The van der Waals surface area contributed by atoms with Crippen LogP contribution in [0, 0.1) is 13.8 Å². The van der Waals surface area contributed by atoms with E-state index in [-0.39, 0.29) is 0 Å². The number of halogens is 1. The lowest BCUT2D eigenvalue weighted by Gasteiger charge is -2.18. The Morgan fingerprint density at radius 2 is 1.07 bits per heavy atom. The Hall–Kier alpha value is -4.28. The normalized spacial score (nSPS) is 11.9. The summed E-state index contributed by atoms with van der Waals surface area (Å²) in [5, 5.41) is 7.59. The number of benzene rings is 7. The molecule has 0 radical (unpaired) electrons. The van der Waals surface area contributed by atoms with Crippen LogP contribution in [0.15, 0.2) is 138 Å². The van der Waals surface area contributed by atoms with Crippen molar-refractivity contribution in [2.45, 2.75) is 13.8 Å². The number of aryl methyl sites for hydroxylation is 2. The molecule has 0 fully saturated rings. The van der Waals surface area contributed by atoms with Crippen molar-refractivity contribution in [3.63, 3.8) is 0 Å². The lowest BCUT2D eigenvalue weighted by atomic mass is 9.85. The molecular weight excluding hydrogens is 609 g/mol. The molecule has 7 aromatic rings. The van der Waals surface area contributed by atoms with Crippen molar-refractivity contribution in [1.29, 1.82) is 0 Å². The molecule has 1 nitrogen and oxygen atoms in total. The third-order valence-corrected chi connectivity index (χ3v) is 8.80. The highest BCUT2D eigenvalue weighted by Crippen LogP contribution is 2.44. The quantitative estimate of drug-likeness (QED) is 0.103. The van der Waals surface area contributed by atoms with Gasteiger partial charge in [0.1, 0.15) is 3.72 Å². The van der Waals surface area contributed by atoms with E-state index in [1.54, 1.807) is 0 Å². The number of hydrogen-bond donors (Lipinski definition) is 0. The van der Waals surface area contributed by atoms with Crippen LogP contribution in [0.25, 0.3) is 54.6 Å². The molecule has 0 unspecified atom stereocenters. The molecule has 0 amide bonds. The number of aliphatic imine (C=N–C) groups is 1. The van der Waals surface area contributed by atoms with Gasteiger partial charge in [-0.3, -0.25) is 0 Å². The van der Waals surface area contributed by atoms with E-state index in [0.717, 1.165) is 15.0 Å². The molecule has 0 saturated carbocycles. The van der Waals surface area contributed by atoms with Gasteiger partial charge in [0.05, 0.1) is 5.69 Å². The predicted molar refractivity (Wildman–Crippen MR) is 186 cm³/mol. The molecule has 0 bridgehead atoms. The standard InChI is InChI=1S/C39H28IN/c1-25-18-19-28-23-30(21-20-27(28)22-25)38-34-15-6-4-13-32(34)37(33-14-5-7-16-35(33)38)29-11-9-12-31(24-29)39(40)41-36-17-8-3-10-26(36)2/h3-24H,1-2H3. The summed E-state index contributed by atoms with van der Waals surface area (Å²) in [7, 11) is 0. The van der Waals surface area contributed by atoms with E-state index in [2.05, 4.69) is 164 Å². The molecule has 41 heavy (non-hydrogen) atoms. The Morgan fingerprint density at radius 3 is 1.73 bits per heavy atom. The number of fused-ring (bicyclic) bond motifs is 3. The van der Waals surface area contributed by atoms with Crippen molar-refractivity contribution in [2.75, 3.05) is 0 Å². The first-order valence-electron chi connectivity index (χ1n) is 13.9. The average molecular weight is 638 g/mol. The summed E-state index contributed by atoms with van der Waals surface area (Å²) in [5.74, 6) is 0. The fourth-order valence-electron chi connectivity index (χ4n) is 5.93. The van der Waals surface area contributed by atoms with Crippen molar-refractivity contribution < 1.29 is 0 Å². The first-order valence-corrected chi connectivity index (χ1v) is 15.0. The molecule has 0 N–H and O–H groups in total. The van der Waals surface area contributed by atoms with Gasteiger partial charge in [0.25, 0.3) is 0 Å². The van der Waals surface area contributed by atoms with Crippen LogP contribution < -0.4 is 0 Å². The second kappa shape index (κ2) is 10.6. The zero-order valence-corrected chi connectivity index (χ0v) is 25.2. The van der Waals surface area contributed by atoms with Gasteiger partial charge in [-0.2, -0.15) is 0 Å². The zero-order chi connectivity index (χ0) is 27.9. The van der Waals surface area contributed by atoms with Gasteiger partial charge in [0, 0.05) is 5.56 Å². The number of hydrogen-bond acceptors (Lipinski definition) is 1. The van der Waals surface area contributed by atoms with E-state index in [1.807, 2.05) is 6.07 Å². The summed E-state index contributed by atoms with van der Waals surface area (Å²) in [6.07, 6.45) is 0. The van der Waals surface area contributed by atoms with Gasteiger partial charge in [-0.25, -0.2) is 4.99 Å². The third kappa shape index (κ3) is 4.72. The second-order valence-electron chi connectivity index (χ2n) is 10.7. The maximum Gasteiger partial charge on any atom is 0.109 e. The molecule has 0 aliphatic heterocycles. The van der Waals surface area contributed by atoms with Crippen LogP contribution in [-0.4, -0.2) is 3.72 Å². The minimum Gasteiger partial charge on any atom is -0.242 e. The van der Waals surface area contributed by atoms with E-state index in [1.165, 1.54) is 65.7 Å². The Balaban J connectivity index is 1.46. The highest BCUT2D eigenvalue weighted by atomic mass is 127. The maximum atomic E-state index is 4.98. The minimum absolute atomic E-state index is 0.982. The average Bonchev–Trinajstić information content (AvgIpc) is 3.00. The number of nitrogens with zero attached hydrogens (tertiary/aromatic N) is 1. The fourth-order valence-corrected chi connectivity index (χ4v) is 6.53. The molecule has 7 rings (SSSR count). The summed E-state index contributed by atoms with van der Waals surface area (Å²) in [5.41, 5.74) is 9.58. The predicted octanol–water partition coefficient (Wildman–Crippen LogP) is 11.6. The van der Waals surface area contributed by atoms with Crippen molar-refractivity contribution in [3.05, 3.63) is 150 Å². The molecule has 0 spiro atoms. The molecular formula is C39H28IN.